The smallest absolute Gasteiger partial charge is 0.256 e. The highest BCUT2D eigenvalue weighted by Gasteiger charge is 2.28. The molecule has 0 saturated carbocycles. The van der Waals surface area contributed by atoms with Crippen LogP contribution in [0.5, 0.6) is 0 Å². The van der Waals surface area contributed by atoms with Crippen LogP contribution in [0.2, 0.25) is 0 Å². The molecule has 2 rings (SSSR count). The zero-order valence-corrected chi connectivity index (χ0v) is 10.7. The molecule has 4 heteroatoms. The van der Waals surface area contributed by atoms with E-state index in [1.165, 1.54) is 17.0 Å². The van der Waals surface area contributed by atoms with Crippen molar-refractivity contribution in [2.24, 2.45) is 5.92 Å². The van der Waals surface area contributed by atoms with Crippen molar-refractivity contribution in [3.63, 3.8) is 0 Å². The summed E-state index contributed by atoms with van der Waals surface area (Å²) in [6.07, 6.45) is 0.233. The second kappa shape index (κ2) is 5.06. The molecule has 0 bridgehead atoms. The minimum absolute atomic E-state index is 0.0855. The van der Waals surface area contributed by atoms with Gasteiger partial charge >= 0.3 is 0 Å². The molecule has 0 aromatic heterocycles. The number of nitrogens with zero attached hydrogens (tertiary/aromatic N) is 1. The number of β-amino-alcohol motifs (C(OH)–C–C–N with tert-alkyl or cyclic N) is 1. The first-order valence-corrected chi connectivity index (χ1v) is 6.22. The molecule has 98 valence electrons. The molecule has 1 fully saturated rings. The Morgan fingerprint density at radius 3 is 2.83 bits per heavy atom. The van der Waals surface area contributed by atoms with E-state index < -0.39 is 11.9 Å². The molecule has 1 aliphatic rings. The molecular formula is C14H18FNO2. The van der Waals surface area contributed by atoms with Crippen LogP contribution in [0.25, 0.3) is 0 Å². The fourth-order valence-corrected chi connectivity index (χ4v) is 2.20. The molecule has 2 unspecified atom stereocenters. The van der Waals surface area contributed by atoms with Crippen molar-refractivity contribution in [2.45, 2.75) is 26.4 Å². The first-order chi connectivity index (χ1) is 8.49. The Hall–Kier alpha value is -1.42. The molecule has 1 amide bonds. The molecule has 3 nitrogen and oxygen atoms in total. The van der Waals surface area contributed by atoms with E-state index in [9.17, 15) is 14.3 Å². The summed E-state index contributed by atoms with van der Waals surface area (Å²) in [6, 6.07) is 4.59. The van der Waals surface area contributed by atoms with E-state index in [0.717, 1.165) is 12.0 Å². The van der Waals surface area contributed by atoms with Crippen LogP contribution in [-0.2, 0) is 0 Å². The zero-order chi connectivity index (χ0) is 13.3. The maximum absolute atomic E-state index is 13.7. The Labute approximate surface area is 106 Å². The number of hydrogen-bond acceptors (Lipinski definition) is 2. The number of likely N-dealkylation sites (tertiary alicyclic amines) is 1. The third-order valence-electron chi connectivity index (χ3n) is 3.56. The lowest BCUT2D eigenvalue weighted by molar-refractivity contribution is 0.0246. The Morgan fingerprint density at radius 1 is 1.50 bits per heavy atom. The number of benzene rings is 1. The number of carbonyl (C=O) groups excluding carboxylic acids is 1. The van der Waals surface area contributed by atoms with Crippen molar-refractivity contribution in [3.05, 3.63) is 35.1 Å². The largest absolute Gasteiger partial charge is 0.391 e. The van der Waals surface area contributed by atoms with Crippen LogP contribution in [0, 0.1) is 18.7 Å². The van der Waals surface area contributed by atoms with E-state index in [4.69, 9.17) is 0 Å². The number of aliphatic hydroxyl groups excluding tert-OH is 1. The van der Waals surface area contributed by atoms with Crippen LogP contribution in [0.1, 0.15) is 29.3 Å². The normalized spacial score (nSPS) is 24.1. The maximum Gasteiger partial charge on any atom is 0.256 e. The van der Waals surface area contributed by atoms with E-state index in [0.29, 0.717) is 6.54 Å². The van der Waals surface area contributed by atoms with Crippen LogP contribution in [0.15, 0.2) is 18.2 Å². The molecule has 0 radical (unpaired) electrons. The number of aryl methyl sites for hydroxylation is 1. The van der Waals surface area contributed by atoms with E-state index in [1.54, 1.807) is 13.0 Å². The summed E-state index contributed by atoms with van der Waals surface area (Å²) in [5, 5.41) is 9.77. The van der Waals surface area contributed by atoms with E-state index in [2.05, 4.69) is 0 Å². The number of halogens is 1. The lowest BCUT2D eigenvalue weighted by Gasteiger charge is -2.34. The predicted molar refractivity (Wildman–Crippen MR) is 66.8 cm³/mol. The Morgan fingerprint density at radius 2 is 2.22 bits per heavy atom. The Kier molecular flexibility index (Phi) is 3.66. The second-order valence-corrected chi connectivity index (χ2v) is 5.07. The van der Waals surface area contributed by atoms with Gasteiger partial charge in [0, 0.05) is 13.1 Å². The Bertz CT molecular complexity index is 461. The first kappa shape index (κ1) is 13.0. The molecular weight excluding hydrogens is 233 g/mol. The molecule has 1 saturated heterocycles. The molecule has 1 N–H and O–H groups in total. The summed E-state index contributed by atoms with van der Waals surface area (Å²) in [6.45, 7) is 4.60. The van der Waals surface area contributed by atoms with Gasteiger partial charge in [0.15, 0.2) is 0 Å². The topological polar surface area (TPSA) is 40.5 Å². The van der Waals surface area contributed by atoms with Crippen molar-refractivity contribution in [3.8, 4) is 0 Å². The Balaban J connectivity index is 2.16. The van der Waals surface area contributed by atoms with Gasteiger partial charge in [0.25, 0.3) is 5.91 Å². The number of carbonyl (C=O) groups is 1. The van der Waals surface area contributed by atoms with E-state index >= 15 is 0 Å². The fraction of sp³-hybridized carbons (Fsp3) is 0.500. The van der Waals surface area contributed by atoms with Crippen molar-refractivity contribution >= 4 is 5.91 Å². The van der Waals surface area contributed by atoms with Crippen molar-refractivity contribution in [1.29, 1.82) is 0 Å². The van der Waals surface area contributed by atoms with Gasteiger partial charge < -0.3 is 10.0 Å². The number of aliphatic hydroxyl groups is 1. The third-order valence-corrected chi connectivity index (χ3v) is 3.56. The molecule has 1 aromatic rings. The average molecular weight is 251 g/mol. The summed E-state index contributed by atoms with van der Waals surface area (Å²) >= 11 is 0. The van der Waals surface area contributed by atoms with Gasteiger partial charge in [0.1, 0.15) is 5.82 Å². The lowest BCUT2D eigenvalue weighted by Crippen LogP contribution is -2.46. The van der Waals surface area contributed by atoms with Gasteiger partial charge in [-0.05, 0) is 37.0 Å². The van der Waals surface area contributed by atoms with Crippen LogP contribution in [0.4, 0.5) is 4.39 Å². The highest BCUT2D eigenvalue weighted by atomic mass is 19.1. The monoisotopic (exact) mass is 251 g/mol. The van der Waals surface area contributed by atoms with Gasteiger partial charge in [-0.15, -0.1) is 0 Å². The lowest BCUT2D eigenvalue weighted by atomic mass is 9.95. The SMILES string of the molecule is Cc1ccc(C(=O)N2CCC(C)C(O)C2)c(F)c1. The van der Waals surface area contributed by atoms with E-state index in [-0.39, 0.29) is 23.9 Å². The number of piperidine rings is 1. The molecule has 1 heterocycles. The van der Waals surface area contributed by atoms with Gasteiger partial charge in [-0.25, -0.2) is 4.39 Å². The summed E-state index contributed by atoms with van der Waals surface area (Å²) in [7, 11) is 0. The summed E-state index contributed by atoms with van der Waals surface area (Å²) in [4.78, 5) is 13.7. The molecule has 1 aromatic carbocycles. The van der Waals surface area contributed by atoms with Gasteiger partial charge in [0.05, 0.1) is 11.7 Å². The molecule has 0 spiro atoms. The molecule has 1 aliphatic heterocycles. The number of amides is 1. The third kappa shape index (κ3) is 2.53. The van der Waals surface area contributed by atoms with Gasteiger partial charge in [-0.3, -0.25) is 4.79 Å². The fourth-order valence-electron chi connectivity index (χ4n) is 2.20. The number of rotatable bonds is 1. The average Bonchev–Trinajstić information content (AvgIpc) is 2.32. The van der Waals surface area contributed by atoms with E-state index in [1.807, 2.05) is 6.92 Å². The minimum atomic E-state index is -0.517. The van der Waals surface area contributed by atoms with Gasteiger partial charge in [-0.2, -0.15) is 0 Å². The van der Waals surface area contributed by atoms with Crippen LogP contribution in [0.3, 0.4) is 0 Å². The van der Waals surface area contributed by atoms with Gasteiger partial charge in [0.2, 0.25) is 0 Å². The van der Waals surface area contributed by atoms with Crippen molar-refractivity contribution < 1.29 is 14.3 Å². The standard InChI is InChI=1S/C14H18FNO2/c1-9-3-4-11(12(15)7-9)14(18)16-6-5-10(2)13(17)8-16/h3-4,7,10,13,17H,5-6,8H2,1-2H3. The van der Waals surface area contributed by atoms with Crippen LogP contribution < -0.4 is 0 Å². The van der Waals surface area contributed by atoms with Gasteiger partial charge in [-0.1, -0.05) is 13.0 Å². The highest BCUT2D eigenvalue weighted by Crippen LogP contribution is 2.20. The second-order valence-electron chi connectivity index (χ2n) is 5.07. The molecule has 0 aliphatic carbocycles. The van der Waals surface area contributed by atoms with Crippen LogP contribution in [-0.4, -0.2) is 35.1 Å². The zero-order valence-electron chi connectivity index (χ0n) is 10.7. The maximum atomic E-state index is 13.7. The summed E-state index contributed by atoms with van der Waals surface area (Å²) < 4.78 is 13.7. The first-order valence-electron chi connectivity index (χ1n) is 6.22. The quantitative estimate of drug-likeness (QED) is 0.829. The van der Waals surface area contributed by atoms with Crippen molar-refractivity contribution in [1.82, 2.24) is 4.90 Å². The highest BCUT2D eigenvalue weighted by molar-refractivity contribution is 5.94. The summed E-state index contributed by atoms with van der Waals surface area (Å²) in [5.41, 5.74) is 0.874. The number of hydrogen-bond donors (Lipinski definition) is 1. The van der Waals surface area contributed by atoms with Crippen molar-refractivity contribution in [2.75, 3.05) is 13.1 Å². The van der Waals surface area contributed by atoms with Crippen LogP contribution >= 0.6 is 0 Å². The molecule has 18 heavy (non-hydrogen) atoms. The molecule has 2 atom stereocenters. The minimum Gasteiger partial charge on any atom is -0.391 e. The predicted octanol–water partition coefficient (Wildman–Crippen LogP) is 1.98. The summed E-state index contributed by atoms with van der Waals surface area (Å²) in [5.74, 6) is -0.636.